The second-order valence-electron chi connectivity index (χ2n) is 5.51. The topological polar surface area (TPSA) is 59.4 Å². The zero-order valence-corrected chi connectivity index (χ0v) is 14.2. The molecular formula is C15H12ClF3N2O3S. The molecule has 0 saturated heterocycles. The Bertz CT molecular complexity index is 921. The molecule has 0 aliphatic carbocycles. The van der Waals surface area contributed by atoms with Crippen LogP contribution in [0.4, 0.5) is 13.2 Å². The minimum absolute atomic E-state index is 0.0792. The Kier molecular flexibility index (Phi) is 4.42. The highest BCUT2D eigenvalue weighted by Crippen LogP contribution is 2.31. The largest absolute Gasteiger partial charge is 0.416 e. The first-order valence-corrected chi connectivity index (χ1v) is 8.96. The molecule has 0 spiro atoms. The fourth-order valence-electron chi connectivity index (χ4n) is 2.71. The van der Waals surface area contributed by atoms with E-state index in [1.165, 1.54) is 0 Å². The smallest absolute Gasteiger partial charge is 0.347 e. The maximum atomic E-state index is 12.7. The van der Waals surface area contributed by atoms with Crippen molar-refractivity contribution in [3.63, 3.8) is 0 Å². The molecule has 134 valence electrons. The van der Waals surface area contributed by atoms with E-state index in [1.807, 2.05) is 0 Å². The number of hydrogen-bond acceptors (Lipinski definition) is 3. The number of carbonyl (C=O) groups is 1. The molecule has 10 heteroatoms. The summed E-state index contributed by atoms with van der Waals surface area (Å²) in [5.74, 6) is 0. The average Bonchev–Trinajstić information content (AvgIpc) is 2.88. The van der Waals surface area contributed by atoms with Crippen LogP contribution in [0.25, 0.3) is 0 Å². The lowest BCUT2D eigenvalue weighted by atomic mass is 10.2. The molecule has 0 radical (unpaired) electrons. The summed E-state index contributed by atoms with van der Waals surface area (Å²) in [5, 5.41) is 0.235. The number of fused-ring (bicyclic) bond motifs is 1. The molecule has 1 aliphatic rings. The summed E-state index contributed by atoms with van der Waals surface area (Å²) in [4.78, 5) is 10.9. The normalized spacial score (nSPS) is 15.8. The van der Waals surface area contributed by atoms with Crippen LogP contribution in [0, 0.1) is 0 Å². The number of aldehydes is 1. The third-order valence-electron chi connectivity index (χ3n) is 4.04. The summed E-state index contributed by atoms with van der Waals surface area (Å²) in [7, 11) is -3.99. The molecule has 0 fully saturated rings. The van der Waals surface area contributed by atoms with Gasteiger partial charge in [0.05, 0.1) is 27.6 Å². The van der Waals surface area contributed by atoms with Crippen LogP contribution in [0.5, 0.6) is 0 Å². The molecule has 0 N–H and O–H groups in total. The molecule has 25 heavy (non-hydrogen) atoms. The minimum atomic E-state index is -4.54. The van der Waals surface area contributed by atoms with E-state index >= 15 is 0 Å². The SMILES string of the molecule is O=Cc1c(Cl)cn2c1CN(S(=O)(=O)c1ccc(C(F)(F)F)cc1)CC2. The first-order valence-electron chi connectivity index (χ1n) is 7.14. The van der Waals surface area contributed by atoms with Gasteiger partial charge in [-0.1, -0.05) is 11.6 Å². The van der Waals surface area contributed by atoms with E-state index in [0.717, 1.165) is 28.6 Å². The van der Waals surface area contributed by atoms with Gasteiger partial charge in [-0.05, 0) is 24.3 Å². The van der Waals surface area contributed by atoms with Crippen molar-refractivity contribution in [2.75, 3.05) is 6.54 Å². The van der Waals surface area contributed by atoms with Gasteiger partial charge in [-0.25, -0.2) is 8.42 Å². The van der Waals surface area contributed by atoms with Gasteiger partial charge in [0.15, 0.2) is 6.29 Å². The molecule has 1 aliphatic heterocycles. The van der Waals surface area contributed by atoms with E-state index in [0.29, 0.717) is 18.5 Å². The Hall–Kier alpha value is -1.84. The lowest BCUT2D eigenvalue weighted by molar-refractivity contribution is -0.137. The maximum Gasteiger partial charge on any atom is 0.416 e. The number of rotatable bonds is 3. The van der Waals surface area contributed by atoms with Crippen LogP contribution in [0.15, 0.2) is 35.4 Å². The zero-order valence-electron chi connectivity index (χ0n) is 12.6. The third-order valence-corrected chi connectivity index (χ3v) is 6.20. The lowest BCUT2D eigenvalue weighted by Gasteiger charge is -2.28. The highest BCUT2D eigenvalue weighted by molar-refractivity contribution is 7.89. The number of nitrogens with zero attached hydrogens (tertiary/aromatic N) is 2. The lowest BCUT2D eigenvalue weighted by Crippen LogP contribution is -2.38. The Morgan fingerprint density at radius 2 is 1.76 bits per heavy atom. The van der Waals surface area contributed by atoms with Gasteiger partial charge in [-0.3, -0.25) is 4.79 Å². The number of carbonyl (C=O) groups excluding carboxylic acids is 1. The fraction of sp³-hybridized carbons (Fsp3) is 0.267. The van der Waals surface area contributed by atoms with Crippen LogP contribution in [-0.4, -0.2) is 30.1 Å². The van der Waals surface area contributed by atoms with Crippen LogP contribution >= 0.6 is 11.6 Å². The van der Waals surface area contributed by atoms with Crippen LogP contribution in [0.3, 0.4) is 0 Å². The standard InChI is InChI=1S/C15H12ClF3N2O3S/c16-13-7-20-5-6-21(8-14(20)12(13)9-22)25(23,24)11-3-1-10(2-4-11)15(17,18)19/h1-4,7,9H,5-6,8H2. The number of halogens is 4. The Morgan fingerprint density at radius 3 is 2.32 bits per heavy atom. The first kappa shape index (κ1) is 18.0. The molecule has 0 unspecified atom stereocenters. The highest BCUT2D eigenvalue weighted by Gasteiger charge is 2.33. The fourth-order valence-corrected chi connectivity index (χ4v) is 4.38. The van der Waals surface area contributed by atoms with Crippen molar-refractivity contribution >= 4 is 27.9 Å². The predicted molar refractivity (Wildman–Crippen MR) is 83.9 cm³/mol. The summed E-state index contributed by atoms with van der Waals surface area (Å²) >= 11 is 5.95. The molecule has 1 aromatic heterocycles. The van der Waals surface area contributed by atoms with Gasteiger partial charge in [0, 0.05) is 25.0 Å². The Morgan fingerprint density at radius 1 is 1.12 bits per heavy atom. The van der Waals surface area contributed by atoms with Crippen LogP contribution < -0.4 is 0 Å². The predicted octanol–water partition coefficient (Wildman–Crippen LogP) is 3.18. The zero-order chi connectivity index (χ0) is 18.4. The second kappa shape index (κ2) is 6.15. The molecular weight excluding hydrogens is 381 g/mol. The molecule has 1 aromatic carbocycles. The van der Waals surface area contributed by atoms with Gasteiger partial charge >= 0.3 is 6.18 Å². The molecule has 0 amide bonds. The molecule has 0 atom stereocenters. The molecule has 0 bridgehead atoms. The summed E-state index contributed by atoms with van der Waals surface area (Å²) < 4.78 is 66.0. The Balaban J connectivity index is 1.92. The molecule has 2 heterocycles. The minimum Gasteiger partial charge on any atom is -0.347 e. The van der Waals surface area contributed by atoms with Gasteiger partial charge in [0.2, 0.25) is 10.0 Å². The van der Waals surface area contributed by atoms with Crippen molar-refractivity contribution in [3.8, 4) is 0 Å². The van der Waals surface area contributed by atoms with Crippen LogP contribution in [0.1, 0.15) is 21.6 Å². The Labute approximate surface area is 146 Å². The van der Waals surface area contributed by atoms with E-state index in [-0.39, 0.29) is 28.6 Å². The van der Waals surface area contributed by atoms with Gasteiger partial charge < -0.3 is 4.57 Å². The van der Waals surface area contributed by atoms with Crippen LogP contribution in [0.2, 0.25) is 5.02 Å². The van der Waals surface area contributed by atoms with Gasteiger partial charge in [0.1, 0.15) is 0 Å². The van der Waals surface area contributed by atoms with Crippen molar-refractivity contribution in [1.82, 2.24) is 8.87 Å². The summed E-state index contributed by atoms with van der Waals surface area (Å²) in [5.41, 5.74) is -0.246. The highest BCUT2D eigenvalue weighted by atomic mass is 35.5. The number of hydrogen-bond donors (Lipinski definition) is 0. The van der Waals surface area contributed by atoms with Crippen LogP contribution in [-0.2, 0) is 29.3 Å². The quantitative estimate of drug-likeness (QED) is 0.754. The summed E-state index contributed by atoms with van der Waals surface area (Å²) in [6.45, 7) is 0.340. The van der Waals surface area contributed by atoms with Crippen molar-refractivity contribution in [3.05, 3.63) is 52.3 Å². The van der Waals surface area contributed by atoms with E-state index in [1.54, 1.807) is 10.8 Å². The molecule has 2 aromatic rings. The maximum absolute atomic E-state index is 12.7. The number of sulfonamides is 1. The van der Waals surface area contributed by atoms with E-state index in [4.69, 9.17) is 11.6 Å². The molecule has 0 saturated carbocycles. The van der Waals surface area contributed by atoms with Crippen molar-refractivity contribution in [2.24, 2.45) is 0 Å². The first-order chi connectivity index (χ1) is 11.6. The van der Waals surface area contributed by atoms with Gasteiger partial charge in [0.25, 0.3) is 0 Å². The molecule has 3 rings (SSSR count). The van der Waals surface area contributed by atoms with Gasteiger partial charge in [-0.15, -0.1) is 0 Å². The summed E-state index contributed by atoms with van der Waals surface area (Å²) in [6, 6.07) is 3.32. The van der Waals surface area contributed by atoms with Crippen molar-refractivity contribution < 1.29 is 26.4 Å². The number of alkyl halides is 3. The number of aromatic nitrogens is 1. The van der Waals surface area contributed by atoms with E-state index < -0.39 is 21.8 Å². The molecule has 5 nitrogen and oxygen atoms in total. The second-order valence-corrected chi connectivity index (χ2v) is 7.85. The van der Waals surface area contributed by atoms with Gasteiger partial charge in [-0.2, -0.15) is 17.5 Å². The summed E-state index contributed by atoms with van der Waals surface area (Å²) in [6.07, 6.45) is -2.42. The monoisotopic (exact) mass is 392 g/mol. The van der Waals surface area contributed by atoms with Crippen molar-refractivity contribution in [1.29, 1.82) is 0 Å². The van der Waals surface area contributed by atoms with E-state index in [9.17, 15) is 26.4 Å². The van der Waals surface area contributed by atoms with E-state index in [2.05, 4.69) is 0 Å². The average molecular weight is 393 g/mol. The number of benzene rings is 1. The van der Waals surface area contributed by atoms with Crippen molar-refractivity contribution in [2.45, 2.75) is 24.2 Å². The third kappa shape index (κ3) is 3.19.